The second-order valence-electron chi connectivity index (χ2n) is 5.10. The molecule has 4 nitrogen and oxygen atoms in total. The topological polar surface area (TPSA) is 66.4 Å². The summed E-state index contributed by atoms with van der Waals surface area (Å²) in [6.07, 6.45) is 7.11. The van der Waals surface area contributed by atoms with E-state index in [2.05, 4.69) is 5.32 Å². The zero-order chi connectivity index (χ0) is 11.6. The summed E-state index contributed by atoms with van der Waals surface area (Å²) in [7, 11) is 0. The van der Waals surface area contributed by atoms with Gasteiger partial charge in [0.15, 0.2) is 0 Å². The highest BCUT2D eigenvalue weighted by Crippen LogP contribution is 2.46. The highest BCUT2D eigenvalue weighted by atomic mass is 16.4. The van der Waals surface area contributed by atoms with Crippen LogP contribution in [0.4, 0.5) is 0 Å². The third kappa shape index (κ3) is 2.20. The predicted molar refractivity (Wildman–Crippen MR) is 58.9 cm³/mol. The molecule has 0 bridgehead atoms. The summed E-state index contributed by atoms with van der Waals surface area (Å²) in [6, 6.07) is 0. The molecule has 2 N–H and O–H groups in total. The highest BCUT2D eigenvalue weighted by Gasteiger charge is 2.56. The van der Waals surface area contributed by atoms with Gasteiger partial charge in [0.1, 0.15) is 5.41 Å². The van der Waals surface area contributed by atoms with Gasteiger partial charge in [-0.3, -0.25) is 9.59 Å². The van der Waals surface area contributed by atoms with Gasteiger partial charge in [0.2, 0.25) is 5.91 Å². The maximum atomic E-state index is 11.7. The minimum atomic E-state index is -1.07. The molecular formula is C12H19NO3. The van der Waals surface area contributed by atoms with E-state index in [1.165, 1.54) is 32.1 Å². The Hall–Kier alpha value is -1.06. The van der Waals surface area contributed by atoms with Crippen molar-refractivity contribution in [1.82, 2.24) is 5.32 Å². The molecule has 0 unspecified atom stereocenters. The van der Waals surface area contributed by atoms with Crippen LogP contribution in [0, 0.1) is 11.3 Å². The van der Waals surface area contributed by atoms with Crippen molar-refractivity contribution in [1.29, 1.82) is 0 Å². The molecule has 0 heterocycles. The standard InChI is InChI=1S/C12H19NO3/c14-10(12(6-7-12)11(15)16)13-8-9-4-2-1-3-5-9/h9H,1-8H2,(H,13,14)(H,15,16). The maximum absolute atomic E-state index is 11.7. The van der Waals surface area contributed by atoms with E-state index in [4.69, 9.17) is 5.11 Å². The van der Waals surface area contributed by atoms with Crippen molar-refractivity contribution in [3.63, 3.8) is 0 Å². The van der Waals surface area contributed by atoms with Crippen molar-refractivity contribution in [2.75, 3.05) is 6.54 Å². The van der Waals surface area contributed by atoms with E-state index in [1.807, 2.05) is 0 Å². The largest absolute Gasteiger partial charge is 0.480 e. The molecule has 90 valence electrons. The van der Waals surface area contributed by atoms with E-state index in [0.717, 1.165) is 0 Å². The van der Waals surface area contributed by atoms with Crippen LogP contribution in [-0.4, -0.2) is 23.5 Å². The number of carbonyl (C=O) groups is 2. The normalized spacial score (nSPS) is 23.8. The SMILES string of the molecule is O=C(O)C1(C(=O)NCC2CCCCC2)CC1. The smallest absolute Gasteiger partial charge is 0.319 e. The minimum Gasteiger partial charge on any atom is -0.480 e. The van der Waals surface area contributed by atoms with E-state index in [-0.39, 0.29) is 5.91 Å². The highest BCUT2D eigenvalue weighted by molar-refractivity contribution is 6.04. The molecule has 0 spiro atoms. The first-order chi connectivity index (χ1) is 7.65. The molecule has 0 radical (unpaired) electrons. The lowest BCUT2D eigenvalue weighted by atomic mass is 9.89. The van der Waals surface area contributed by atoms with Crippen LogP contribution in [0.2, 0.25) is 0 Å². The van der Waals surface area contributed by atoms with Crippen molar-refractivity contribution in [3.05, 3.63) is 0 Å². The quantitative estimate of drug-likeness (QED) is 0.713. The lowest BCUT2D eigenvalue weighted by Gasteiger charge is -2.22. The monoisotopic (exact) mass is 225 g/mol. The van der Waals surface area contributed by atoms with Crippen molar-refractivity contribution in [2.45, 2.75) is 44.9 Å². The minimum absolute atomic E-state index is 0.273. The third-order valence-corrected chi connectivity index (χ3v) is 3.87. The number of hydrogen-bond acceptors (Lipinski definition) is 2. The summed E-state index contributed by atoms with van der Waals surface area (Å²) in [5.74, 6) is -0.679. The predicted octanol–water partition coefficient (Wildman–Crippen LogP) is 1.55. The molecule has 4 heteroatoms. The molecular weight excluding hydrogens is 206 g/mol. The summed E-state index contributed by atoms with van der Waals surface area (Å²) in [5.41, 5.74) is -1.07. The van der Waals surface area contributed by atoms with Gasteiger partial charge in [-0.1, -0.05) is 19.3 Å². The molecule has 0 saturated heterocycles. The molecule has 2 aliphatic rings. The Balaban J connectivity index is 1.77. The van der Waals surface area contributed by atoms with Crippen LogP contribution in [0.25, 0.3) is 0 Å². The molecule has 0 atom stereocenters. The van der Waals surface area contributed by atoms with E-state index in [1.54, 1.807) is 0 Å². The van der Waals surface area contributed by atoms with Gasteiger partial charge in [0, 0.05) is 6.54 Å². The lowest BCUT2D eigenvalue weighted by Crippen LogP contribution is -2.39. The molecule has 0 aromatic carbocycles. The maximum Gasteiger partial charge on any atom is 0.319 e. The number of carbonyl (C=O) groups excluding carboxylic acids is 1. The Labute approximate surface area is 95.4 Å². The Bertz CT molecular complexity index is 291. The Morgan fingerprint density at radius 3 is 2.31 bits per heavy atom. The summed E-state index contributed by atoms with van der Waals surface area (Å²) in [5, 5.41) is 11.8. The van der Waals surface area contributed by atoms with Crippen molar-refractivity contribution in [3.8, 4) is 0 Å². The van der Waals surface area contributed by atoms with Crippen molar-refractivity contribution in [2.24, 2.45) is 11.3 Å². The van der Waals surface area contributed by atoms with E-state index >= 15 is 0 Å². The summed E-state index contributed by atoms with van der Waals surface area (Å²) < 4.78 is 0. The Morgan fingerprint density at radius 1 is 1.19 bits per heavy atom. The number of amides is 1. The summed E-state index contributed by atoms with van der Waals surface area (Å²) in [4.78, 5) is 22.6. The second-order valence-corrected chi connectivity index (χ2v) is 5.10. The molecule has 2 rings (SSSR count). The van der Waals surface area contributed by atoms with Gasteiger partial charge < -0.3 is 10.4 Å². The van der Waals surface area contributed by atoms with Gasteiger partial charge >= 0.3 is 5.97 Å². The number of hydrogen-bond donors (Lipinski definition) is 2. The van der Waals surface area contributed by atoms with Gasteiger partial charge in [0.25, 0.3) is 0 Å². The van der Waals surface area contributed by atoms with Crippen LogP contribution >= 0.6 is 0 Å². The zero-order valence-corrected chi connectivity index (χ0v) is 9.50. The summed E-state index contributed by atoms with van der Waals surface area (Å²) in [6.45, 7) is 0.661. The van der Waals surface area contributed by atoms with Crippen LogP contribution in [0.1, 0.15) is 44.9 Å². The average molecular weight is 225 g/mol. The second kappa shape index (κ2) is 4.44. The number of carboxylic acids is 1. The molecule has 2 fully saturated rings. The van der Waals surface area contributed by atoms with Crippen molar-refractivity contribution >= 4 is 11.9 Å². The van der Waals surface area contributed by atoms with Crippen LogP contribution in [0.15, 0.2) is 0 Å². The lowest BCUT2D eigenvalue weighted by molar-refractivity contribution is -0.149. The van der Waals surface area contributed by atoms with Gasteiger partial charge in [0.05, 0.1) is 0 Å². The van der Waals surface area contributed by atoms with E-state index < -0.39 is 11.4 Å². The van der Waals surface area contributed by atoms with E-state index in [0.29, 0.717) is 25.3 Å². The Kier molecular flexibility index (Phi) is 3.17. The fourth-order valence-electron chi connectivity index (χ4n) is 2.46. The number of rotatable bonds is 4. The van der Waals surface area contributed by atoms with Gasteiger partial charge in [-0.15, -0.1) is 0 Å². The van der Waals surface area contributed by atoms with Crippen LogP contribution < -0.4 is 5.32 Å². The number of carboxylic acid groups (broad SMARTS) is 1. The van der Waals surface area contributed by atoms with Crippen LogP contribution in [-0.2, 0) is 9.59 Å². The molecule has 2 aliphatic carbocycles. The van der Waals surface area contributed by atoms with E-state index in [9.17, 15) is 9.59 Å². The van der Waals surface area contributed by atoms with Crippen LogP contribution in [0.5, 0.6) is 0 Å². The molecule has 0 aliphatic heterocycles. The first-order valence-corrected chi connectivity index (χ1v) is 6.17. The average Bonchev–Trinajstić information content (AvgIpc) is 3.08. The molecule has 16 heavy (non-hydrogen) atoms. The number of nitrogens with one attached hydrogen (secondary N) is 1. The molecule has 1 amide bonds. The van der Waals surface area contributed by atoms with Gasteiger partial charge in [-0.05, 0) is 31.6 Å². The van der Waals surface area contributed by atoms with Crippen LogP contribution in [0.3, 0.4) is 0 Å². The van der Waals surface area contributed by atoms with Crippen molar-refractivity contribution < 1.29 is 14.7 Å². The molecule has 0 aromatic rings. The van der Waals surface area contributed by atoms with Gasteiger partial charge in [-0.25, -0.2) is 0 Å². The Morgan fingerprint density at radius 2 is 1.81 bits per heavy atom. The summed E-state index contributed by atoms with van der Waals surface area (Å²) >= 11 is 0. The fourth-order valence-corrected chi connectivity index (χ4v) is 2.46. The first-order valence-electron chi connectivity index (χ1n) is 6.17. The molecule has 2 saturated carbocycles. The molecule has 0 aromatic heterocycles. The first kappa shape index (κ1) is 11.4. The fraction of sp³-hybridized carbons (Fsp3) is 0.833. The zero-order valence-electron chi connectivity index (χ0n) is 9.50. The number of aliphatic carboxylic acids is 1. The van der Waals surface area contributed by atoms with Gasteiger partial charge in [-0.2, -0.15) is 0 Å². The third-order valence-electron chi connectivity index (χ3n) is 3.87.